The highest BCUT2D eigenvalue weighted by Gasteiger charge is 2.28. The van der Waals surface area contributed by atoms with Gasteiger partial charge in [-0.15, -0.1) is 22.7 Å². The van der Waals surface area contributed by atoms with Gasteiger partial charge in [-0.05, 0) is 50.2 Å². The molecule has 0 bridgehead atoms. The second kappa shape index (κ2) is 8.64. The first-order chi connectivity index (χ1) is 15.8. The molecule has 6 nitrogen and oxygen atoms in total. The quantitative estimate of drug-likeness (QED) is 0.431. The number of benzene rings is 2. The van der Waals surface area contributed by atoms with Crippen LogP contribution in [0.25, 0.3) is 20.8 Å². The van der Waals surface area contributed by atoms with Gasteiger partial charge in [0.05, 0.1) is 15.1 Å². The highest BCUT2D eigenvalue weighted by molar-refractivity contribution is 7.92. The molecule has 0 radical (unpaired) electrons. The highest BCUT2D eigenvalue weighted by Crippen LogP contribution is 2.45. The topological polar surface area (TPSA) is 79.4 Å². The van der Waals surface area contributed by atoms with Crippen molar-refractivity contribution in [2.75, 3.05) is 24.7 Å². The molecule has 0 saturated carbocycles. The summed E-state index contributed by atoms with van der Waals surface area (Å²) in [5.74, 6) is -1.14. The summed E-state index contributed by atoms with van der Waals surface area (Å²) in [4.78, 5) is 21.3. The van der Waals surface area contributed by atoms with E-state index in [0.717, 1.165) is 45.9 Å². The first-order valence-corrected chi connectivity index (χ1v) is 13.9. The van der Waals surface area contributed by atoms with Crippen molar-refractivity contribution in [3.8, 4) is 10.6 Å². The number of amides is 1. The van der Waals surface area contributed by atoms with E-state index in [0.29, 0.717) is 5.00 Å². The van der Waals surface area contributed by atoms with Crippen molar-refractivity contribution in [1.29, 1.82) is 0 Å². The fourth-order valence-corrected chi connectivity index (χ4v) is 7.58. The zero-order valence-corrected chi connectivity index (χ0v) is 20.7. The van der Waals surface area contributed by atoms with Crippen molar-refractivity contribution in [3.05, 3.63) is 64.5 Å². The molecule has 33 heavy (non-hydrogen) atoms. The number of carbonyl (C=O) groups is 1. The Bertz CT molecular complexity index is 1420. The molecule has 0 aliphatic carbocycles. The number of carbonyl (C=O) groups excluding carboxylic acids is 1. The van der Waals surface area contributed by atoms with Crippen LogP contribution in [-0.4, -0.2) is 43.6 Å². The molecule has 3 heterocycles. The first kappa shape index (κ1) is 22.2. The van der Waals surface area contributed by atoms with E-state index in [1.54, 1.807) is 35.6 Å². The van der Waals surface area contributed by atoms with Crippen LogP contribution in [-0.2, 0) is 27.6 Å². The van der Waals surface area contributed by atoms with E-state index in [-0.39, 0.29) is 4.90 Å². The van der Waals surface area contributed by atoms with Crippen molar-refractivity contribution in [1.82, 2.24) is 9.88 Å². The Kier molecular flexibility index (Phi) is 5.82. The van der Waals surface area contributed by atoms with Crippen molar-refractivity contribution < 1.29 is 13.2 Å². The monoisotopic (exact) mass is 497 g/mol. The summed E-state index contributed by atoms with van der Waals surface area (Å²) < 4.78 is 26.6. The maximum absolute atomic E-state index is 12.9. The molecule has 2 aromatic carbocycles. The van der Waals surface area contributed by atoms with Crippen molar-refractivity contribution in [3.63, 3.8) is 0 Å². The molecule has 0 atom stereocenters. The number of aryl methyl sites for hydroxylation is 1. The minimum Gasteiger partial charge on any atom is -0.316 e. The Balaban J connectivity index is 1.48. The number of para-hydroxylation sites is 1. The zero-order chi connectivity index (χ0) is 23.2. The summed E-state index contributed by atoms with van der Waals surface area (Å²) in [5.41, 5.74) is 4.02. The molecule has 0 spiro atoms. The Labute approximate surface area is 200 Å². The fraction of sp³-hybridized carbons (Fsp3) is 0.250. The van der Waals surface area contributed by atoms with Crippen LogP contribution in [0.1, 0.15) is 16.0 Å². The van der Waals surface area contributed by atoms with Gasteiger partial charge in [0.2, 0.25) is 5.91 Å². The van der Waals surface area contributed by atoms with Crippen LogP contribution < -0.4 is 5.32 Å². The Morgan fingerprint density at radius 2 is 1.88 bits per heavy atom. The van der Waals surface area contributed by atoms with E-state index in [1.165, 1.54) is 21.8 Å². The predicted octanol–water partition coefficient (Wildman–Crippen LogP) is 4.73. The third-order valence-electron chi connectivity index (χ3n) is 5.71. The highest BCUT2D eigenvalue weighted by atomic mass is 32.2. The summed E-state index contributed by atoms with van der Waals surface area (Å²) in [6.07, 6.45) is 0.866. The maximum atomic E-state index is 12.9. The number of aromatic nitrogens is 1. The van der Waals surface area contributed by atoms with Gasteiger partial charge in [0.15, 0.2) is 9.84 Å². The number of sulfone groups is 1. The Morgan fingerprint density at radius 3 is 2.64 bits per heavy atom. The van der Waals surface area contributed by atoms with E-state index >= 15 is 0 Å². The number of likely N-dealkylation sites (N-methyl/N-ethyl adjacent to an activating group) is 1. The number of thiazole rings is 1. The number of rotatable bonds is 5. The van der Waals surface area contributed by atoms with Gasteiger partial charge in [-0.1, -0.05) is 29.8 Å². The van der Waals surface area contributed by atoms with Crippen LogP contribution in [0.3, 0.4) is 0 Å². The molecule has 1 aliphatic heterocycles. The average Bonchev–Trinajstić information content (AvgIpc) is 3.33. The van der Waals surface area contributed by atoms with Gasteiger partial charge in [-0.3, -0.25) is 4.79 Å². The van der Waals surface area contributed by atoms with Crippen LogP contribution in [0.5, 0.6) is 0 Å². The van der Waals surface area contributed by atoms with Gasteiger partial charge in [-0.25, -0.2) is 13.4 Å². The summed E-state index contributed by atoms with van der Waals surface area (Å²) in [6.45, 7) is 3.62. The summed E-state index contributed by atoms with van der Waals surface area (Å²) in [6, 6.07) is 14.5. The number of hydrogen-bond acceptors (Lipinski definition) is 7. The summed E-state index contributed by atoms with van der Waals surface area (Å²) in [7, 11) is -1.66. The molecule has 9 heteroatoms. The zero-order valence-electron chi connectivity index (χ0n) is 18.3. The van der Waals surface area contributed by atoms with Gasteiger partial charge in [0.1, 0.15) is 15.8 Å². The number of fused-ring (bicyclic) bond motifs is 2. The van der Waals surface area contributed by atoms with Crippen LogP contribution in [0, 0.1) is 6.92 Å². The molecule has 1 aliphatic rings. The maximum Gasteiger partial charge on any atom is 0.240 e. The van der Waals surface area contributed by atoms with Crippen molar-refractivity contribution >= 4 is 53.6 Å². The Hall–Kier alpha value is -2.59. The van der Waals surface area contributed by atoms with Crippen LogP contribution in [0.4, 0.5) is 5.00 Å². The minimum atomic E-state index is -3.73. The van der Waals surface area contributed by atoms with E-state index in [1.807, 2.05) is 31.2 Å². The van der Waals surface area contributed by atoms with Crippen molar-refractivity contribution in [2.24, 2.45) is 0 Å². The fourth-order valence-electron chi connectivity index (χ4n) is 3.99. The number of anilines is 1. The largest absolute Gasteiger partial charge is 0.316 e. The normalized spacial score (nSPS) is 14.4. The first-order valence-electron chi connectivity index (χ1n) is 10.6. The SMILES string of the molecule is Cc1ccc(S(=O)(=O)CC(=O)Nc2sc3c(c2-c2nc4ccccc4s2)CCN(C)C3)cc1. The molecule has 0 saturated heterocycles. The van der Waals surface area contributed by atoms with Crippen LogP contribution in [0.2, 0.25) is 0 Å². The molecule has 170 valence electrons. The number of nitrogens with zero attached hydrogens (tertiary/aromatic N) is 2. The van der Waals surface area contributed by atoms with Crippen molar-refractivity contribution in [2.45, 2.75) is 24.8 Å². The molecular formula is C24H23N3O3S3. The van der Waals surface area contributed by atoms with Gasteiger partial charge >= 0.3 is 0 Å². The number of nitrogens with one attached hydrogen (secondary N) is 1. The molecule has 1 N–H and O–H groups in total. The van der Waals surface area contributed by atoms with Gasteiger partial charge in [0, 0.05) is 23.5 Å². The molecule has 4 aromatic rings. The van der Waals surface area contributed by atoms with E-state index in [2.05, 4.69) is 17.3 Å². The summed E-state index contributed by atoms with van der Waals surface area (Å²) in [5, 5.41) is 4.45. The van der Waals surface area contributed by atoms with Gasteiger partial charge < -0.3 is 10.2 Å². The molecule has 5 rings (SSSR count). The van der Waals surface area contributed by atoms with Crippen LogP contribution >= 0.6 is 22.7 Å². The van der Waals surface area contributed by atoms with Gasteiger partial charge in [-0.2, -0.15) is 0 Å². The molecule has 0 unspecified atom stereocenters. The van der Waals surface area contributed by atoms with Gasteiger partial charge in [0.25, 0.3) is 0 Å². The summed E-state index contributed by atoms with van der Waals surface area (Å²) >= 11 is 3.11. The average molecular weight is 498 g/mol. The smallest absolute Gasteiger partial charge is 0.240 e. The lowest BCUT2D eigenvalue weighted by Gasteiger charge is -2.22. The second-order valence-electron chi connectivity index (χ2n) is 8.30. The minimum absolute atomic E-state index is 0.154. The lowest BCUT2D eigenvalue weighted by molar-refractivity contribution is -0.113. The number of thiophene rings is 1. The van der Waals surface area contributed by atoms with E-state index in [4.69, 9.17) is 4.98 Å². The lowest BCUT2D eigenvalue weighted by atomic mass is 10.0. The molecule has 0 fully saturated rings. The second-order valence-corrected chi connectivity index (χ2v) is 12.4. The lowest BCUT2D eigenvalue weighted by Crippen LogP contribution is -2.25. The Morgan fingerprint density at radius 1 is 1.12 bits per heavy atom. The van der Waals surface area contributed by atoms with Crippen LogP contribution in [0.15, 0.2) is 53.4 Å². The molecule has 2 aromatic heterocycles. The third kappa shape index (κ3) is 4.46. The molecule has 1 amide bonds. The number of hydrogen-bond donors (Lipinski definition) is 1. The predicted molar refractivity (Wildman–Crippen MR) is 135 cm³/mol. The standard InChI is InChI=1S/C24H23N3O3S3/c1-15-7-9-16(10-8-15)33(29,30)14-21(28)26-24-22(17-11-12-27(2)13-20(17)32-24)23-25-18-5-3-4-6-19(18)31-23/h3-10H,11-14H2,1-2H3,(H,26,28). The van der Waals surface area contributed by atoms with E-state index in [9.17, 15) is 13.2 Å². The molecular weight excluding hydrogens is 474 g/mol. The van der Waals surface area contributed by atoms with E-state index < -0.39 is 21.5 Å². The third-order valence-corrected chi connectivity index (χ3v) is 9.53.